The molecule has 0 bridgehead atoms. The molecule has 0 radical (unpaired) electrons. The Morgan fingerprint density at radius 1 is 1.30 bits per heavy atom. The van der Waals surface area contributed by atoms with Crippen molar-refractivity contribution < 1.29 is 17.6 Å². The molecular weight excluding hydrogens is 285 g/mol. The minimum absolute atomic E-state index is 0.153. The molecule has 1 heterocycles. The van der Waals surface area contributed by atoms with Crippen molar-refractivity contribution in [3.05, 3.63) is 24.0 Å². The fourth-order valence-corrected chi connectivity index (χ4v) is 3.76. The number of halogens is 1. The van der Waals surface area contributed by atoms with Crippen molar-refractivity contribution in [2.24, 2.45) is 11.7 Å². The molecular formula is C12H16FN3O3S. The fourth-order valence-electron chi connectivity index (χ4n) is 2.25. The summed E-state index contributed by atoms with van der Waals surface area (Å²) in [6.45, 7) is 0.305. The first kappa shape index (κ1) is 14.7. The second-order valence-electron chi connectivity index (χ2n) is 4.77. The summed E-state index contributed by atoms with van der Waals surface area (Å²) in [7, 11) is -3.91. The van der Waals surface area contributed by atoms with E-state index in [2.05, 4.69) is 0 Å². The van der Waals surface area contributed by atoms with E-state index in [4.69, 9.17) is 11.5 Å². The molecule has 4 N–H and O–H groups in total. The number of hydrogen-bond donors (Lipinski definition) is 2. The Morgan fingerprint density at radius 2 is 1.90 bits per heavy atom. The smallest absolute Gasteiger partial charge is 0.245 e. The number of nitrogens with zero attached hydrogens (tertiary/aromatic N) is 1. The minimum atomic E-state index is -3.91. The molecule has 6 nitrogen and oxygen atoms in total. The molecule has 1 aromatic carbocycles. The van der Waals surface area contributed by atoms with Gasteiger partial charge in [-0.15, -0.1) is 0 Å². The van der Waals surface area contributed by atoms with Gasteiger partial charge in [0, 0.05) is 24.7 Å². The Labute approximate surface area is 116 Å². The van der Waals surface area contributed by atoms with E-state index < -0.39 is 26.6 Å². The lowest BCUT2D eigenvalue weighted by Gasteiger charge is -2.29. The summed E-state index contributed by atoms with van der Waals surface area (Å²) < 4.78 is 39.6. The van der Waals surface area contributed by atoms with Gasteiger partial charge in [-0.25, -0.2) is 12.8 Å². The van der Waals surface area contributed by atoms with Gasteiger partial charge >= 0.3 is 0 Å². The number of nitrogen functional groups attached to an aromatic ring is 1. The third kappa shape index (κ3) is 2.75. The lowest BCUT2D eigenvalue weighted by Crippen LogP contribution is -2.41. The third-order valence-electron chi connectivity index (χ3n) is 3.43. The van der Waals surface area contributed by atoms with E-state index in [9.17, 15) is 17.6 Å². The highest BCUT2D eigenvalue weighted by molar-refractivity contribution is 7.89. The number of anilines is 1. The first-order valence-corrected chi connectivity index (χ1v) is 7.61. The number of nitrogens with two attached hydrogens (primary N) is 2. The van der Waals surface area contributed by atoms with Gasteiger partial charge in [0.2, 0.25) is 15.9 Å². The zero-order valence-corrected chi connectivity index (χ0v) is 11.6. The summed E-state index contributed by atoms with van der Waals surface area (Å²) in [5.41, 5.74) is 10.8. The lowest BCUT2D eigenvalue weighted by molar-refractivity contribution is -0.122. The SMILES string of the molecule is NC(=O)C1CCN(S(=O)(=O)c2ccc(N)cc2F)CC1. The number of sulfonamides is 1. The zero-order valence-electron chi connectivity index (χ0n) is 10.8. The minimum Gasteiger partial charge on any atom is -0.399 e. The maximum atomic E-state index is 13.7. The molecule has 0 unspecified atom stereocenters. The Morgan fingerprint density at radius 3 is 2.40 bits per heavy atom. The molecule has 0 atom stereocenters. The van der Waals surface area contributed by atoms with Crippen LogP contribution >= 0.6 is 0 Å². The maximum Gasteiger partial charge on any atom is 0.245 e. The molecule has 110 valence electrons. The predicted octanol–water partition coefficient (Wildman–Crippen LogP) is 0.294. The van der Waals surface area contributed by atoms with Gasteiger partial charge in [0.05, 0.1) is 0 Å². The van der Waals surface area contributed by atoms with Crippen molar-refractivity contribution in [2.45, 2.75) is 17.7 Å². The summed E-state index contributed by atoms with van der Waals surface area (Å²) in [6, 6.07) is 3.47. The number of benzene rings is 1. The first-order valence-electron chi connectivity index (χ1n) is 6.17. The molecule has 2 rings (SSSR count). The van der Waals surface area contributed by atoms with Crippen LogP contribution in [0.15, 0.2) is 23.1 Å². The molecule has 1 saturated heterocycles. The van der Waals surface area contributed by atoms with Gasteiger partial charge in [-0.1, -0.05) is 0 Å². The number of carbonyl (C=O) groups excluding carboxylic acids is 1. The van der Waals surface area contributed by atoms with E-state index in [1.54, 1.807) is 0 Å². The number of piperidine rings is 1. The van der Waals surface area contributed by atoms with E-state index >= 15 is 0 Å². The van der Waals surface area contributed by atoms with Gasteiger partial charge in [-0.05, 0) is 31.0 Å². The molecule has 0 spiro atoms. The largest absolute Gasteiger partial charge is 0.399 e. The van der Waals surface area contributed by atoms with E-state index in [1.807, 2.05) is 0 Å². The third-order valence-corrected chi connectivity index (χ3v) is 5.36. The molecule has 0 aromatic heterocycles. The average Bonchev–Trinajstić information content (AvgIpc) is 2.38. The Kier molecular flexibility index (Phi) is 3.96. The number of primary amides is 1. The Balaban J connectivity index is 2.22. The zero-order chi connectivity index (χ0) is 14.9. The molecule has 0 aliphatic carbocycles. The molecule has 20 heavy (non-hydrogen) atoms. The Bertz CT molecular complexity index is 625. The second kappa shape index (κ2) is 5.37. The van der Waals surface area contributed by atoms with Crippen molar-refractivity contribution in [3.63, 3.8) is 0 Å². The van der Waals surface area contributed by atoms with Crippen molar-refractivity contribution in [2.75, 3.05) is 18.8 Å². The van der Waals surface area contributed by atoms with Crippen molar-refractivity contribution >= 4 is 21.6 Å². The Hall–Kier alpha value is -1.67. The number of amides is 1. The highest BCUT2D eigenvalue weighted by atomic mass is 32.2. The van der Waals surface area contributed by atoms with Crippen LogP contribution in [0.25, 0.3) is 0 Å². The monoisotopic (exact) mass is 301 g/mol. The van der Waals surface area contributed by atoms with Crippen LogP contribution in [0.2, 0.25) is 0 Å². The van der Waals surface area contributed by atoms with Crippen LogP contribution in [0.3, 0.4) is 0 Å². The lowest BCUT2D eigenvalue weighted by atomic mass is 9.98. The van der Waals surface area contributed by atoms with Crippen LogP contribution in [-0.4, -0.2) is 31.7 Å². The average molecular weight is 301 g/mol. The molecule has 1 aliphatic rings. The summed E-state index contributed by atoms with van der Waals surface area (Å²) in [4.78, 5) is 10.7. The van der Waals surface area contributed by atoms with E-state index in [0.29, 0.717) is 12.8 Å². The van der Waals surface area contributed by atoms with Gasteiger partial charge in [0.1, 0.15) is 10.7 Å². The molecule has 1 aliphatic heterocycles. The summed E-state index contributed by atoms with van der Waals surface area (Å²) >= 11 is 0. The highest BCUT2D eigenvalue weighted by Crippen LogP contribution is 2.26. The van der Waals surface area contributed by atoms with Gasteiger partial charge < -0.3 is 11.5 Å². The predicted molar refractivity (Wildman–Crippen MR) is 71.5 cm³/mol. The highest BCUT2D eigenvalue weighted by Gasteiger charge is 2.32. The second-order valence-corrected chi connectivity index (χ2v) is 6.68. The van der Waals surface area contributed by atoms with Crippen molar-refractivity contribution in [1.82, 2.24) is 4.31 Å². The quantitative estimate of drug-likeness (QED) is 0.783. The summed E-state index contributed by atoms with van der Waals surface area (Å²) in [5.74, 6) is -1.62. The number of rotatable bonds is 3. The van der Waals surface area contributed by atoms with Crippen LogP contribution in [0, 0.1) is 11.7 Å². The van der Waals surface area contributed by atoms with Crippen LogP contribution in [0.5, 0.6) is 0 Å². The summed E-state index contributed by atoms with van der Waals surface area (Å²) in [5, 5.41) is 0. The van der Waals surface area contributed by atoms with E-state index in [1.165, 1.54) is 10.4 Å². The van der Waals surface area contributed by atoms with Crippen LogP contribution in [0.1, 0.15) is 12.8 Å². The van der Waals surface area contributed by atoms with E-state index in [-0.39, 0.29) is 24.7 Å². The van der Waals surface area contributed by atoms with Crippen LogP contribution in [-0.2, 0) is 14.8 Å². The molecule has 1 aromatic rings. The van der Waals surface area contributed by atoms with Gasteiger partial charge in [-0.3, -0.25) is 4.79 Å². The van der Waals surface area contributed by atoms with E-state index in [0.717, 1.165) is 12.1 Å². The topological polar surface area (TPSA) is 106 Å². The van der Waals surface area contributed by atoms with Crippen molar-refractivity contribution in [3.8, 4) is 0 Å². The number of hydrogen-bond acceptors (Lipinski definition) is 4. The van der Waals surface area contributed by atoms with Gasteiger partial charge in [0.15, 0.2) is 0 Å². The fraction of sp³-hybridized carbons (Fsp3) is 0.417. The molecule has 8 heteroatoms. The standard InChI is InChI=1S/C12H16FN3O3S/c13-10-7-9(14)1-2-11(10)20(18,19)16-5-3-8(4-6-16)12(15)17/h1-2,7-8H,3-6,14H2,(H2,15,17). The molecule has 0 saturated carbocycles. The van der Waals surface area contributed by atoms with Crippen LogP contribution < -0.4 is 11.5 Å². The first-order chi connectivity index (χ1) is 9.32. The van der Waals surface area contributed by atoms with Gasteiger partial charge in [-0.2, -0.15) is 4.31 Å². The normalized spacial score (nSPS) is 18.1. The van der Waals surface area contributed by atoms with Crippen LogP contribution in [0.4, 0.5) is 10.1 Å². The van der Waals surface area contributed by atoms with Gasteiger partial charge in [0.25, 0.3) is 0 Å². The molecule has 1 fully saturated rings. The summed E-state index contributed by atoms with van der Waals surface area (Å²) in [6.07, 6.45) is 0.705. The maximum absolute atomic E-state index is 13.7. The van der Waals surface area contributed by atoms with Crippen molar-refractivity contribution in [1.29, 1.82) is 0 Å². The molecule has 1 amide bonds. The number of carbonyl (C=O) groups is 1.